The topological polar surface area (TPSA) is 152 Å². The molecule has 1 saturated heterocycles. The molecule has 0 aromatic rings. The predicted octanol–water partition coefficient (Wildman–Crippen LogP) is 7.55. The van der Waals surface area contributed by atoms with Crippen molar-refractivity contribution >= 4 is 11.9 Å². The van der Waals surface area contributed by atoms with Crippen molar-refractivity contribution in [3.05, 3.63) is 36.5 Å². The average Bonchev–Trinajstić information content (AvgIpc) is 3.13. The van der Waals surface area contributed by atoms with E-state index in [4.69, 9.17) is 18.9 Å². The summed E-state index contributed by atoms with van der Waals surface area (Å²) in [6.07, 6.45) is 27.2. The number of hydrogen-bond acceptors (Lipinski definition) is 10. The standard InChI is InChI=1S/C41H72O10/c1-3-5-7-9-11-13-15-16-17-18-20-22-24-26-28-30-37(44)50-34(33-49-41-40(47)39(46)38(45)35(31-42)51-41)32-48-36(43)29-27-25-23-21-19-14-12-10-8-6-4-2/h10-13,16-17,34-35,38-42,45-47H,3-9,14-15,18-33H2,1-2H3/b12-10+,13-11+,17-16+/t34-,35-,38+,39?,40?,41-/m1/s1. The number of unbranched alkanes of at least 4 members (excludes halogenated alkanes) is 15. The third-order valence-electron chi connectivity index (χ3n) is 9.00. The van der Waals surface area contributed by atoms with Crippen LogP contribution in [0.2, 0.25) is 0 Å². The van der Waals surface area contributed by atoms with E-state index in [-0.39, 0.29) is 26.1 Å². The monoisotopic (exact) mass is 725 g/mol. The van der Waals surface area contributed by atoms with E-state index in [1.54, 1.807) is 0 Å². The van der Waals surface area contributed by atoms with Crippen molar-refractivity contribution in [2.45, 2.75) is 192 Å². The van der Waals surface area contributed by atoms with Gasteiger partial charge in [-0.1, -0.05) is 115 Å². The number of carbonyl (C=O) groups excluding carboxylic acids is 2. The summed E-state index contributed by atoms with van der Waals surface area (Å²) in [5.41, 5.74) is 0. The molecule has 296 valence electrons. The molecule has 4 N–H and O–H groups in total. The Morgan fingerprint density at radius 3 is 1.71 bits per heavy atom. The zero-order valence-corrected chi connectivity index (χ0v) is 31.8. The maximum Gasteiger partial charge on any atom is 0.306 e. The highest BCUT2D eigenvalue weighted by Gasteiger charge is 2.44. The highest BCUT2D eigenvalue weighted by atomic mass is 16.7. The summed E-state index contributed by atoms with van der Waals surface area (Å²) in [4.78, 5) is 25.2. The highest BCUT2D eigenvalue weighted by molar-refractivity contribution is 5.70. The molecule has 0 bridgehead atoms. The lowest BCUT2D eigenvalue weighted by Crippen LogP contribution is -2.59. The fourth-order valence-corrected chi connectivity index (χ4v) is 5.73. The van der Waals surface area contributed by atoms with E-state index in [0.717, 1.165) is 83.5 Å². The Morgan fingerprint density at radius 2 is 1.12 bits per heavy atom. The molecule has 6 atom stereocenters. The third-order valence-corrected chi connectivity index (χ3v) is 9.00. The van der Waals surface area contributed by atoms with Gasteiger partial charge < -0.3 is 39.4 Å². The van der Waals surface area contributed by atoms with Crippen molar-refractivity contribution in [3.8, 4) is 0 Å². The molecule has 0 radical (unpaired) electrons. The molecule has 0 saturated carbocycles. The highest BCUT2D eigenvalue weighted by Crippen LogP contribution is 2.22. The summed E-state index contributed by atoms with van der Waals surface area (Å²) in [6, 6.07) is 0. The number of allylic oxidation sites excluding steroid dienone is 6. The second-order valence-electron chi connectivity index (χ2n) is 13.7. The molecule has 1 aliphatic heterocycles. The summed E-state index contributed by atoms with van der Waals surface area (Å²) in [6.45, 7) is 3.31. The lowest BCUT2D eigenvalue weighted by atomic mass is 9.99. The minimum Gasteiger partial charge on any atom is -0.462 e. The van der Waals surface area contributed by atoms with Crippen LogP contribution in [0.25, 0.3) is 0 Å². The van der Waals surface area contributed by atoms with Gasteiger partial charge in [-0.05, 0) is 64.2 Å². The first-order valence-electron chi connectivity index (χ1n) is 20.1. The molecule has 51 heavy (non-hydrogen) atoms. The van der Waals surface area contributed by atoms with Crippen LogP contribution < -0.4 is 0 Å². The summed E-state index contributed by atoms with van der Waals surface area (Å²) in [5.74, 6) is -0.837. The molecule has 0 aromatic heterocycles. The van der Waals surface area contributed by atoms with Crippen LogP contribution in [-0.2, 0) is 28.5 Å². The maximum atomic E-state index is 12.7. The molecule has 0 spiro atoms. The van der Waals surface area contributed by atoms with E-state index in [1.807, 2.05) is 0 Å². The van der Waals surface area contributed by atoms with Gasteiger partial charge in [0.15, 0.2) is 12.4 Å². The lowest BCUT2D eigenvalue weighted by molar-refractivity contribution is -0.305. The molecule has 1 aliphatic rings. The molecular weight excluding hydrogens is 652 g/mol. The first-order valence-corrected chi connectivity index (χ1v) is 20.1. The van der Waals surface area contributed by atoms with Crippen LogP contribution in [0.1, 0.15) is 155 Å². The zero-order chi connectivity index (χ0) is 37.4. The van der Waals surface area contributed by atoms with Crippen LogP contribution in [0.4, 0.5) is 0 Å². The van der Waals surface area contributed by atoms with Gasteiger partial charge in [-0.15, -0.1) is 0 Å². The Kier molecular flexibility index (Phi) is 30.0. The minimum atomic E-state index is -1.60. The molecule has 1 rings (SSSR count). The minimum absolute atomic E-state index is 0.212. The van der Waals surface area contributed by atoms with Crippen molar-refractivity contribution < 1.29 is 49.0 Å². The van der Waals surface area contributed by atoms with Gasteiger partial charge in [-0.2, -0.15) is 0 Å². The van der Waals surface area contributed by atoms with E-state index >= 15 is 0 Å². The van der Waals surface area contributed by atoms with Gasteiger partial charge in [0, 0.05) is 12.8 Å². The number of ether oxygens (including phenoxy) is 4. The molecule has 0 aliphatic carbocycles. The van der Waals surface area contributed by atoms with Crippen molar-refractivity contribution in [3.63, 3.8) is 0 Å². The summed E-state index contributed by atoms with van der Waals surface area (Å²) in [5, 5.41) is 39.9. The molecular formula is C41H72O10. The quantitative estimate of drug-likeness (QED) is 0.0311. The Hall–Kier alpha value is -2.08. The number of carbonyl (C=O) groups is 2. The van der Waals surface area contributed by atoms with Gasteiger partial charge in [0.05, 0.1) is 13.2 Å². The zero-order valence-electron chi connectivity index (χ0n) is 31.8. The van der Waals surface area contributed by atoms with E-state index in [1.165, 1.54) is 32.1 Å². The van der Waals surface area contributed by atoms with Crippen molar-refractivity contribution in [2.75, 3.05) is 19.8 Å². The van der Waals surface area contributed by atoms with Crippen LogP contribution in [0.15, 0.2) is 36.5 Å². The van der Waals surface area contributed by atoms with Crippen LogP contribution in [0.5, 0.6) is 0 Å². The second kappa shape index (κ2) is 32.6. The van der Waals surface area contributed by atoms with E-state index < -0.39 is 55.4 Å². The summed E-state index contributed by atoms with van der Waals surface area (Å²) >= 11 is 0. The number of aliphatic hydroxyl groups is 4. The summed E-state index contributed by atoms with van der Waals surface area (Å²) < 4.78 is 22.0. The largest absolute Gasteiger partial charge is 0.462 e. The molecule has 0 aromatic carbocycles. The van der Waals surface area contributed by atoms with Crippen molar-refractivity contribution in [1.82, 2.24) is 0 Å². The van der Waals surface area contributed by atoms with E-state index in [9.17, 15) is 30.0 Å². The van der Waals surface area contributed by atoms with Gasteiger partial charge in [-0.3, -0.25) is 9.59 Å². The Morgan fingerprint density at radius 1 is 0.608 bits per heavy atom. The van der Waals surface area contributed by atoms with E-state index in [0.29, 0.717) is 12.8 Å². The number of rotatable bonds is 32. The lowest BCUT2D eigenvalue weighted by Gasteiger charge is -2.39. The molecule has 0 amide bonds. The average molecular weight is 725 g/mol. The van der Waals surface area contributed by atoms with Crippen LogP contribution in [-0.4, -0.2) is 89.0 Å². The molecule has 2 unspecified atom stereocenters. The van der Waals surface area contributed by atoms with Gasteiger partial charge in [-0.25, -0.2) is 0 Å². The number of aliphatic hydroxyl groups excluding tert-OH is 4. The second-order valence-corrected chi connectivity index (χ2v) is 13.7. The fourth-order valence-electron chi connectivity index (χ4n) is 5.73. The Labute approximate surface area is 308 Å². The number of esters is 2. The maximum absolute atomic E-state index is 12.7. The molecule has 10 heteroatoms. The van der Waals surface area contributed by atoms with Crippen molar-refractivity contribution in [2.24, 2.45) is 0 Å². The fraction of sp³-hybridized carbons (Fsp3) is 0.805. The molecule has 1 fully saturated rings. The first kappa shape index (κ1) is 46.9. The smallest absolute Gasteiger partial charge is 0.306 e. The first-order chi connectivity index (χ1) is 24.8. The van der Waals surface area contributed by atoms with Crippen molar-refractivity contribution in [1.29, 1.82) is 0 Å². The molecule has 10 nitrogen and oxygen atoms in total. The van der Waals surface area contributed by atoms with Gasteiger partial charge in [0.25, 0.3) is 0 Å². The normalized spacial score (nSPS) is 21.6. The van der Waals surface area contributed by atoms with E-state index in [2.05, 4.69) is 50.3 Å². The van der Waals surface area contributed by atoms with Crippen LogP contribution >= 0.6 is 0 Å². The van der Waals surface area contributed by atoms with Crippen LogP contribution in [0.3, 0.4) is 0 Å². The van der Waals surface area contributed by atoms with Gasteiger partial charge in [0.2, 0.25) is 0 Å². The van der Waals surface area contributed by atoms with Gasteiger partial charge >= 0.3 is 11.9 Å². The number of hydrogen-bond donors (Lipinski definition) is 4. The molecule has 1 heterocycles. The Bertz CT molecular complexity index is 933. The van der Waals surface area contributed by atoms with Crippen LogP contribution in [0, 0.1) is 0 Å². The Balaban J connectivity index is 2.40. The SMILES string of the molecule is CCCC/C=C/CCCCCCCC(=O)OC[C@H](CO[C@@H]1O[C@H](CO)[C@H](O)C(O)C1O)OC(=O)CCCCCCC/C=C/C/C=C/CCCCC. The predicted molar refractivity (Wildman–Crippen MR) is 201 cm³/mol. The summed E-state index contributed by atoms with van der Waals surface area (Å²) in [7, 11) is 0. The van der Waals surface area contributed by atoms with Gasteiger partial charge in [0.1, 0.15) is 31.0 Å². The third kappa shape index (κ3) is 24.7.